The Kier molecular flexibility index (Phi) is 3.88. The van der Waals surface area contributed by atoms with Gasteiger partial charge in [0, 0.05) is 41.9 Å². The van der Waals surface area contributed by atoms with E-state index < -0.39 is 17.3 Å². The van der Waals surface area contributed by atoms with Crippen molar-refractivity contribution in [1.29, 1.82) is 0 Å². The molecule has 150 valence electrons. The highest BCUT2D eigenvalue weighted by molar-refractivity contribution is 6.05. The third-order valence-electron chi connectivity index (χ3n) is 4.85. The summed E-state index contributed by atoms with van der Waals surface area (Å²) in [6.45, 7) is 0. The standard InChI is InChI=1S/C20H14F2N6O2/c1-27-9-10(6-25-27)12-4-13-15(5-17(12)30-2)23-8-16-18(13)28(20(29)26-16)19-14(22)3-11(21)7-24-19/h3-9H,1-2H3,(H,26,29). The SMILES string of the molecule is COc1cc2ncc3[nH]c(=O)n(-c4ncc(F)cc4F)c3c2cc1-c1cnn(C)c1. The molecule has 0 saturated carbocycles. The first-order valence-electron chi connectivity index (χ1n) is 8.88. The Morgan fingerprint density at radius 2 is 1.93 bits per heavy atom. The van der Waals surface area contributed by atoms with Crippen molar-refractivity contribution in [3.63, 3.8) is 0 Å². The molecule has 0 aliphatic carbocycles. The first kappa shape index (κ1) is 18.0. The fraction of sp³-hybridized carbons (Fsp3) is 0.100. The maximum Gasteiger partial charge on any atom is 0.332 e. The van der Waals surface area contributed by atoms with Gasteiger partial charge >= 0.3 is 5.69 Å². The zero-order valence-corrected chi connectivity index (χ0v) is 15.8. The lowest BCUT2D eigenvalue weighted by Crippen LogP contribution is -2.17. The summed E-state index contributed by atoms with van der Waals surface area (Å²) in [6, 6.07) is 4.21. The quantitative estimate of drug-likeness (QED) is 0.496. The molecule has 0 unspecified atom stereocenters. The van der Waals surface area contributed by atoms with Gasteiger partial charge in [0.15, 0.2) is 11.6 Å². The third kappa shape index (κ3) is 2.65. The molecule has 0 atom stereocenters. The molecular formula is C20H14F2N6O2. The number of aryl methyl sites for hydroxylation is 1. The van der Waals surface area contributed by atoms with Crippen LogP contribution in [0.5, 0.6) is 5.75 Å². The number of rotatable bonds is 3. The molecule has 0 amide bonds. The molecule has 4 heterocycles. The average Bonchev–Trinajstić information content (AvgIpc) is 3.30. The van der Waals surface area contributed by atoms with E-state index in [1.165, 1.54) is 6.20 Å². The van der Waals surface area contributed by atoms with Gasteiger partial charge in [-0.05, 0) is 6.07 Å². The lowest BCUT2D eigenvalue weighted by Gasteiger charge is -2.11. The van der Waals surface area contributed by atoms with E-state index in [-0.39, 0.29) is 5.82 Å². The van der Waals surface area contributed by atoms with Gasteiger partial charge < -0.3 is 9.72 Å². The molecule has 30 heavy (non-hydrogen) atoms. The Morgan fingerprint density at radius 1 is 1.10 bits per heavy atom. The Hall–Kier alpha value is -4.08. The van der Waals surface area contributed by atoms with Crippen LogP contribution >= 0.6 is 0 Å². The fourth-order valence-corrected chi connectivity index (χ4v) is 3.54. The summed E-state index contributed by atoms with van der Waals surface area (Å²) in [7, 11) is 3.34. The summed E-state index contributed by atoms with van der Waals surface area (Å²) >= 11 is 0. The summed E-state index contributed by atoms with van der Waals surface area (Å²) < 4.78 is 36.1. The van der Waals surface area contributed by atoms with Gasteiger partial charge in [-0.2, -0.15) is 5.10 Å². The number of benzene rings is 1. The first-order valence-corrected chi connectivity index (χ1v) is 8.88. The summed E-state index contributed by atoms with van der Waals surface area (Å²) in [5.74, 6) is -1.53. The highest BCUT2D eigenvalue weighted by atomic mass is 19.1. The number of fused-ring (bicyclic) bond motifs is 3. The van der Waals surface area contributed by atoms with Crippen molar-refractivity contribution in [2.75, 3.05) is 7.11 Å². The minimum atomic E-state index is -0.955. The number of methoxy groups -OCH3 is 1. The van der Waals surface area contributed by atoms with Crippen molar-refractivity contribution in [3.05, 3.63) is 65.1 Å². The summed E-state index contributed by atoms with van der Waals surface area (Å²) in [5.41, 5.74) is 2.19. The number of nitrogens with one attached hydrogen (secondary N) is 1. The van der Waals surface area contributed by atoms with Crippen molar-refractivity contribution in [1.82, 2.24) is 29.3 Å². The second kappa shape index (κ2) is 6.48. The van der Waals surface area contributed by atoms with Crippen LogP contribution in [0.1, 0.15) is 0 Å². The topological polar surface area (TPSA) is 90.6 Å². The van der Waals surface area contributed by atoms with Crippen molar-refractivity contribution in [2.45, 2.75) is 0 Å². The van der Waals surface area contributed by atoms with E-state index >= 15 is 0 Å². The number of imidazole rings is 1. The Balaban J connectivity index is 1.90. The van der Waals surface area contributed by atoms with E-state index in [4.69, 9.17) is 4.74 Å². The van der Waals surface area contributed by atoms with E-state index in [1.807, 2.05) is 6.20 Å². The minimum Gasteiger partial charge on any atom is -0.496 e. The number of pyridine rings is 2. The van der Waals surface area contributed by atoms with Gasteiger partial charge in [0.25, 0.3) is 0 Å². The summed E-state index contributed by atoms with van der Waals surface area (Å²) in [4.78, 5) is 23.5. The van der Waals surface area contributed by atoms with Gasteiger partial charge in [-0.25, -0.2) is 23.1 Å². The number of hydrogen-bond donors (Lipinski definition) is 1. The van der Waals surface area contributed by atoms with E-state index in [0.717, 1.165) is 21.9 Å². The van der Waals surface area contributed by atoms with Crippen LogP contribution in [0.3, 0.4) is 0 Å². The third-order valence-corrected chi connectivity index (χ3v) is 4.85. The van der Waals surface area contributed by atoms with Crippen LogP contribution in [0.25, 0.3) is 38.9 Å². The number of nitrogens with zero attached hydrogens (tertiary/aromatic N) is 5. The monoisotopic (exact) mass is 408 g/mol. The van der Waals surface area contributed by atoms with Crippen LogP contribution in [0, 0.1) is 11.6 Å². The van der Waals surface area contributed by atoms with Gasteiger partial charge in [-0.15, -0.1) is 0 Å². The molecule has 10 heteroatoms. The molecule has 8 nitrogen and oxygen atoms in total. The van der Waals surface area contributed by atoms with Gasteiger partial charge in [0.2, 0.25) is 0 Å². The Morgan fingerprint density at radius 3 is 2.63 bits per heavy atom. The van der Waals surface area contributed by atoms with Crippen molar-refractivity contribution >= 4 is 21.9 Å². The predicted molar refractivity (Wildman–Crippen MR) is 106 cm³/mol. The highest BCUT2D eigenvalue weighted by Crippen LogP contribution is 2.36. The molecule has 4 aromatic heterocycles. The number of ether oxygens (including phenoxy) is 1. The molecule has 1 N–H and O–H groups in total. The van der Waals surface area contributed by atoms with Crippen molar-refractivity contribution < 1.29 is 13.5 Å². The van der Waals surface area contributed by atoms with Crippen LogP contribution in [-0.2, 0) is 7.05 Å². The molecule has 0 bridgehead atoms. The zero-order chi connectivity index (χ0) is 21.0. The Labute approximate surface area is 167 Å². The largest absolute Gasteiger partial charge is 0.496 e. The molecular weight excluding hydrogens is 394 g/mol. The van der Waals surface area contributed by atoms with Gasteiger partial charge in [0.1, 0.15) is 11.6 Å². The minimum absolute atomic E-state index is 0.307. The number of aromatic amines is 1. The predicted octanol–water partition coefficient (Wildman–Crippen LogP) is 2.95. The highest BCUT2D eigenvalue weighted by Gasteiger charge is 2.19. The molecule has 0 fully saturated rings. The van der Waals surface area contributed by atoms with Gasteiger partial charge in [0.05, 0.1) is 42.3 Å². The zero-order valence-electron chi connectivity index (χ0n) is 15.8. The van der Waals surface area contributed by atoms with Crippen LogP contribution in [0.15, 0.2) is 47.8 Å². The van der Waals surface area contributed by atoms with Crippen LogP contribution in [0.4, 0.5) is 8.78 Å². The van der Waals surface area contributed by atoms with Crippen LogP contribution in [-0.4, -0.2) is 36.4 Å². The van der Waals surface area contributed by atoms with E-state index in [9.17, 15) is 13.6 Å². The Bertz CT molecular complexity index is 1500. The number of hydrogen-bond acceptors (Lipinski definition) is 5. The normalized spacial score (nSPS) is 11.5. The molecule has 5 rings (SSSR count). The van der Waals surface area contributed by atoms with E-state index in [2.05, 4.69) is 20.1 Å². The fourth-order valence-electron chi connectivity index (χ4n) is 3.54. The molecule has 0 spiro atoms. The molecule has 0 aliphatic heterocycles. The maximum absolute atomic E-state index is 14.5. The number of aromatic nitrogens is 6. The summed E-state index contributed by atoms with van der Waals surface area (Å²) in [5, 5.41) is 4.75. The smallest absolute Gasteiger partial charge is 0.332 e. The number of halogens is 2. The molecule has 1 aromatic carbocycles. The molecule has 0 radical (unpaired) electrons. The van der Waals surface area contributed by atoms with Crippen molar-refractivity contribution in [3.8, 4) is 22.7 Å². The van der Waals surface area contributed by atoms with Crippen molar-refractivity contribution in [2.24, 2.45) is 7.05 Å². The van der Waals surface area contributed by atoms with Crippen LogP contribution in [0.2, 0.25) is 0 Å². The second-order valence-electron chi connectivity index (χ2n) is 6.72. The summed E-state index contributed by atoms with van der Waals surface area (Å²) in [6.07, 6.45) is 5.84. The molecule has 5 aromatic rings. The molecule has 0 aliphatic rings. The first-order chi connectivity index (χ1) is 14.5. The van der Waals surface area contributed by atoms with E-state index in [1.54, 1.807) is 37.2 Å². The molecule has 0 saturated heterocycles. The average molecular weight is 408 g/mol. The lowest BCUT2D eigenvalue weighted by molar-refractivity contribution is 0.417. The van der Waals surface area contributed by atoms with Crippen LogP contribution < -0.4 is 10.4 Å². The van der Waals surface area contributed by atoms with E-state index in [0.29, 0.717) is 33.8 Å². The van der Waals surface area contributed by atoms with Gasteiger partial charge in [-0.3, -0.25) is 9.67 Å². The number of H-pyrrole nitrogens is 1. The second-order valence-corrected chi connectivity index (χ2v) is 6.72. The lowest BCUT2D eigenvalue weighted by atomic mass is 10.0. The maximum atomic E-state index is 14.5. The van der Waals surface area contributed by atoms with Gasteiger partial charge in [-0.1, -0.05) is 0 Å².